The molecule has 36 heavy (non-hydrogen) atoms. The van der Waals surface area contributed by atoms with Gasteiger partial charge in [0.1, 0.15) is 11.9 Å². The molecule has 3 aliphatic rings. The normalized spacial score (nSPS) is 25.2. The number of sulfonamides is 1. The Kier molecular flexibility index (Phi) is 8.84. The summed E-state index contributed by atoms with van der Waals surface area (Å²) in [5, 5.41) is 15.5. The van der Waals surface area contributed by atoms with E-state index in [0.717, 1.165) is 62.8 Å². The molecule has 200 valence electrons. The summed E-state index contributed by atoms with van der Waals surface area (Å²) in [5.74, 6) is -0.444. The van der Waals surface area contributed by atoms with Crippen LogP contribution in [0.2, 0.25) is 0 Å². The van der Waals surface area contributed by atoms with E-state index in [2.05, 4.69) is 22.8 Å². The predicted molar refractivity (Wildman–Crippen MR) is 135 cm³/mol. The number of amides is 1. The van der Waals surface area contributed by atoms with Crippen molar-refractivity contribution in [1.82, 2.24) is 14.6 Å². The average molecular weight is 523 g/mol. The first kappa shape index (κ1) is 26.8. The third-order valence-corrected chi connectivity index (χ3v) is 8.82. The van der Waals surface area contributed by atoms with Crippen molar-refractivity contribution in [3.8, 4) is 0 Å². The molecule has 10 nitrogen and oxygen atoms in total. The Labute approximate surface area is 213 Å². The molecule has 1 saturated carbocycles. The highest BCUT2D eigenvalue weighted by Gasteiger charge is 2.33. The van der Waals surface area contributed by atoms with E-state index in [-0.39, 0.29) is 25.7 Å². The number of fused-ring (bicyclic) bond motifs is 1. The summed E-state index contributed by atoms with van der Waals surface area (Å²) in [6, 6.07) is 3.26. The zero-order chi connectivity index (χ0) is 25.7. The average Bonchev–Trinajstić information content (AvgIpc) is 2.83. The Morgan fingerprint density at radius 1 is 1.31 bits per heavy atom. The zero-order valence-electron chi connectivity index (χ0n) is 20.9. The highest BCUT2D eigenvalue weighted by molar-refractivity contribution is 7.88. The van der Waals surface area contributed by atoms with Gasteiger partial charge >= 0.3 is 5.97 Å². The van der Waals surface area contributed by atoms with Crippen LogP contribution in [0.1, 0.15) is 56.2 Å². The van der Waals surface area contributed by atoms with Crippen molar-refractivity contribution in [2.24, 2.45) is 11.8 Å². The number of carbonyl (C=O) groups excluding carboxylic acids is 1. The van der Waals surface area contributed by atoms with Crippen LogP contribution in [0.15, 0.2) is 12.1 Å². The van der Waals surface area contributed by atoms with Gasteiger partial charge in [-0.05, 0) is 68.9 Å². The van der Waals surface area contributed by atoms with Crippen LogP contribution in [-0.2, 0) is 37.2 Å². The van der Waals surface area contributed by atoms with Crippen LogP contribution in [0, 0.1) is 11.8 Å². The van der Waals surface area contributed by atoms with Crippen LogP contribution >= 0.6 is 0 Å². The van der Waals surface area contributed by atoms with Crippen molar-refractivity contribution in [2.75, 3.05) is 37.8 Å². The van der Waals surface area contributed by atoms with Gasteiger partial charge in [0, 0.05) is 38.4 Å². The van der Waals surface area contributed by atoms with Gasteiger partial charge in [0.15, 0.2) is 0 Å². The lowest BCUT2D eigenvalue weighted by Gasteiger charge is -2.35. The van der Waals surface area contributed by atoms with E-state index < -0.39 is 33.9 Å². The number of carboxylic acid groups (broad SMARTS) is 1. The standard InChI is InChI=1S/C25H38N4O6S/c1-36(33,34)29-12-3-5-19(16-29)24(30)28-22(25(31)32)10-13-35-21-14-17(15-21)6-8-20-9-7-18-4-2-11-26-23(18)27-20/h7,9,17,19,21-22H,2-6,8,10-16H2,1H3,(H,26,27)(H,28,30)(H,31,32)/t17?,19-,21?,22-/m1/s1. The maximum absolute atomic E-state index is 12.6. The van der Waals surface area contributed by atoms with Gasteiger partial charge in [0.05, 0.1) is 18.3 Å². The number of ether oxygens (including phenoxy) is 1. The molecule has 0 bridgehead atoms. The first-order chi connectivity index (χ1) is 17.2. The molecule has 2 aliphatic heterocycles. The Hall–Kier alpha value is -2.24. The largest absolute Gasteiger partial charge is 0.480 e. The van der Waals surface area contributed by atoms with Crippen molar-refractivity contribution in [3.63, 3.8) is 0 Å². The van der Waals surface area contributed by atoms with Crippen molar-refractivity contribution in [1.29, 1.82) is 0 Å². The maximum atomic E-state index is 12.6. The summed E-state index contributed by atoms with van der Waals surface area (Å²) in [5.41, 5.74) is 2.41. The number of piperidine rings is 1. The van der Waals surface area contributed by atoms with E-state index in [1.165, 1.54) is 9.87 Å². The van der Waals surface area contributed by atoms with Crippen LogP contribution in [0.25, 0.3) is 0 Å². The predicted octanol–water partition coefficient (Wildman–Crippen LogP) is 1.80. The monoisotopic (exact) mass is 522 g/mol. The Morgan fingerprint density at radius 3 is 2.86 bits per heavy atom. The van der Waals surface area contributed by atoms with E-state index in [9.17, 15) is 23.1 Å². The number of aryl methyl sites for hydroxylation is 2. The molecular weight excluding hydrogens is 484 g/mol. The fourth-order valence-corrected chi connectivity index (χ4v) is 6.18. The summed E-state index contributed by atoms with van der Waals surface area (Å²) < 4.78 is 30.7. The molecule has 0 unspecified atom stereocenters. The summed E-state index contributed by atoms with van der Waals surface area (Å²) in [7, 11) is -3.38. The zero-order valence-corrected chi connectivity index (χ0v) is 21.8. The number of pyridine rings is 1. The molecule has 1 saturated heterocycles. The molecule has 0 spiro atoms. The molecule has 0 aromatic carbocycles. The number of carboxylic acids is 1. The van der Waals surface area contributed by atoms with Crippen molar-refractivity contribution in [2.45, 2.75) is 69.9 Å². The third kappa shape index (κ3) is 7.17. The Balaban J connectivity index is 1.14. The van der Waals surface area contributed by atoms with Crippen molar-refractivity contribution in [3.05, 3.63) is 23.4 Å². The van der Waals surface area contributed by atoms with Crippen LogP contribution in [0.3, 0.4) is 0 Å². The van der Waals surface area contributed by atoms with Gasteiger partial charge in [-0.15, -0.1) is 0 Å². The van der Waals surface area contributed by atoms with Crippen LogP contribution < -0.4 is 10.6 Å². The van der Waals surface area contributed by atoms with Gasteiger partial charge in [-0.2, -0.15) is 0 Å². The number of aliphatic carboxylic acids is 1. The van der Waals surface area contributed by atoms with E-state index in [1.54, 1.807) is 0 Å². The summed E-state index contributed by atoms with van der Waals surface area (Å²) in [4.78, 5) is 29.0. The minimum Gasteiger partial charge on any atom is -0.480 e. The van der Waals surface area contributed by atoms with Gasteiger partial charge < -0.3 is 20.5 Å². The molecule has 3 heterocycles. The topological polar surface area (TPSA) is 138 Å². The molecular formula is C25H38N4O6S. The highest BCUT2D eigenvalue weighted by Crippen LogP contribution is 2.34. The van der Waals surface area contributed by atoms with E-state index >= 15 is 0 Å². The Bertz CT molecular complexity index is 1040. The Morgan fingerprint density at radius 2 is 2.11 bits per heavy atom. The number of anilines is 1. The van der Waals surface area contributed by atoms with Crippen LogP contribution in [0.5, 0.6) is 0 Å². The molecule has 11 heteroatoms. The third-order valence-electron chi connectivity index (χ3n) is 7.55. The first-order valence-electron chi connectivity index (χ1n) is 13.0. The molecule has 4 rings (SSSR count). The van der Waals surface area contributed by atoms with Crippen LogP contribution in [-0.4, -0.2) is 79.3 Å². The second kappa shape index (κ2) is 11.9. The second-order valence-corrected chi connectivity index (χ2v) is 12.3. The van der Waals surface area contributed by atoms with E-state index in [1.807, 2.05) is 0 Å². The number of hydrogen-bond donors (Lipinski definition) is 3. The first-order valence-corrected chi connectivity index (χ1v) is 14.9. The summed E-state index contributed by atoms with van der Waals surface area (Å²) in [6.45, 7) is 1.73. The molecule has 3 N–H and O–H groups in total. The van der Waals surface area contributed by atoms with Gasteiger partial charge in [0.2, 0.25) is 15.9 Å². The molecule has 2 fully saturated rings. The van der Waals surface area contributed by atoms with Gasteiger partial charge in [-0.25, -0.2) is 22.5 Å². The molecule has 2 atom stereocenters. The number of carbonyl (C=O) groups is 2. The SMILES string of the molecule is CS(=O)(=O)N1CCC[C@@H](C(=O)N[C@H](CCOC2CC(CCc3ccc4c(n3)NCCC4)C2)C(=O)O)C1. The van der Waals surface area contributed by atoms with Crippen molar-refractivity contribution >= 4 is 27.7 Å². The minimum atomic E-state index is -3.38. The lowest BCUT2D eigenvalue weighted by atomic mass is 9.79. The van der Waals surface area contributed by atoms with Gasteiger partial charge in [-0.3, -0.25) is 4.79 Å². The quantitative estimate of drug-likeness (QED) is 0.400. The van der Waals surface area contributed by atoms with Crippen molar-refractivity contribution < 1.29 is 27.9 Å². The minimum absolute atomic E-state index is 0.0917. The number of rotatable bonds is 11. The van der Waals surface area contributed by atoms with Gasteiger partial charge in [-0.1, -0.05) is 6.07 Å². The molecule has 1 aromatic rings. The smallest absolute Gasteiger partial charge is 0.326 e. The fourth-order valence-electron chi connectivity index (χ4n) is 5.26. The number of hydrogen-bond acceptors (Lipinski definition) is 7. The maximum Gasteiger partial charge on any atom is 0.326 e. The summed E-state index contributed by atoms with van der Waals surface area (Å²) in [6.07, 6.45) is 8.70. The lowest BCUT2D eigenvalue weighted by Crippen LogP contribution is -2.49. The molecule has 0 radical (unpaired) electrons. The highest BCUT2D eigenvalue weighted by atomic mass is 32.2. The molecule has 1 aliphatic carbocycles. The van der Waals surface area contributed by atoms with E-state index in [4.69, 9.17) is 9.72 Å². The molecule has 1 amide bonds. The van der Waals surface area contributed by atoms with E-state index in [0.29, 0.717) is 25.3 Å². The fraction of sp³-hybridized carbons (Fsp3) is 0.720. The second-order valence-electron chi connectivity index (χ2n) is 10.4. The molecule has 1 aromatic heterocycles. The lowest BCUT2D eigenvalue weighted by molar-refractivity contribution is -0.143. The van der Waals surface area contributed by atoms with Gasteiger partial charge in [0.25, 0.3) is 0 Å². The number of aromatic nitrogens is 1. The number of nitrogens with zero attached hydrogens (tertiary/aromatic N) is 2. The van der Waals surface area contributed by atoms with Crippen LogP contribution in [0.4, 0.5) is 5.82 Å². The number of nitrogens with one attached hydrogen (secondary N) is 2. The summed E-state index contributed by atoms with van der Waals surface area (Å²) >= 11 is 0.